The van der Waals surface area contributed by atoms with Gasteiger partial charge in [-0.05, 0) is 37.5 Å². The summed E-state index contributed by atoms with van der Waals surface area (Å²) in [4.78, 5) is 33.4. The maximum atomic E-state index is 13.3. The van der Waals surface area contributed by atoms with Gasteiger partial charge in [-0.25, -0.2) is 4.98 Å². The van der Waals surface area contributed by atoms with Crippen molar-refractivity contribution in [2.75, 3.05) is 4.90 Å². The molecular weight excluding hydrogens is 406 g/mol. The van der Waals surface area contributed by atoms with E-state index in [1.54, 1.807) is 10.9 Å². The van der Waals surface area contributed by atoms with Gasteiger partial charge in [0, 0.05) is 35.6 Å². The summed E-state index contributed by atoms with van der Waals surface area (Å²) in [5.41, 5.74) is 5.18. The second-order valence-electron chi connectivity index (χ2n) is 8.13. The summed E-state index contributed by atoms with van der Waals surface area (Å²) >= 11 is 1.47. The fourth-order valence-corrected chi connectivity index (χ4v) is 5.26. The van der Waals surface area contributed by atoms with Crippen molar-refractivity contribution in [3.05, 3.63) is 81.7 Å². The second-order valence-corrected chi connectivity index (χ2v) is 8.99. The molecule has 0 fully saturated rings. The van der Waals surface area contributed by atoms with E-state index in [-0.39, 0.29) is 23.9 Å². The van der Waals surface area contributed by atoms with Crippen molar-refractivity contribution in [2.45, 2.75) is 39.3 Å². The average molecular weight is 430 g/mol. The topological polar surface area (TPSA) is 55.2 Å². The van der Waals surface area contributed by atoms with Gasteiger partial charge in [0.1, 0.15) is 4.83 Å². The number of thiophene rings is 1. The number of carbonyl (C=O) groups is 1. The van der Waals surface area contributed by atoms with Crippen LogP contribution in [-0.4, -0.2) is 21.5 Å². The minimum atomic E-state index is -0.0931. The Morgan fingerprint density at radius 1 is 1.16 bits per heavy atom. The van der Waals surface area contributed by atoms with Crippen molar-refractivity contribution in [2.24, 2.45) is 0 Å². The van der Waals surface area contributed by atoms with Crippen LogP contribution in [0.4, 0.5) is 5.69 Å². The van der Waals surface area contributed by atoms with Crippen LogP contribution < -0.4 is 10.5 Å². The third kappa shape index (κ3) is 3.47. The van der Waals surface area contributed by atoms with Crippen molar-refractivity contribution < 1.29 is 4.79 Å². The van der Waals surface area contributed by atoms with Crippen LogP contribution in [0.15, 0.2) is 65.0 Å². The molecule has 2 aromatic carbocycles. The van der Waals surface area contributed by atoms with Crippen molar-refractivity contribution in [3.63, 3.8) is 0 Å². The van der Waals surface area contributed by atoms with Crippen LogP contribution in [0.5, 0.6) is 0 Å². The molecule has 0 N–H and O–H groups in total. The third-order valence-corrected chi connectivity index (χ3v) is 6.85. The summed E-state index contributed by atoms with van der Waals surface area (Å²) in [6, 6.07) is 16.3. The molecule has 2 aromatic heterocycles. The van der Waals surface area contributed by atoms with Gasteiger partial charge >= 0.3 is 0 Å². The number of fused-ring (bicyclic) bond motifs is 2. The predicted molar refractivity (Wildman–Crippen MR) is 126 cm³/mol. The molecular formula is C25H23N3O2S. The first-order valence-electron chi connectivity index (χ1n) is 10.5. The zero-order chi connectivity index (χ0) is 21.5. The van der Waals surface area contributed by atoms with E-state index in [0.29, 0.717) is 11.9 Å². The second kappa shape index (κ2) is 7.78. The molecule has 0 spiro atoms. The molecule has 5 nitrogen and oxygen atoms in total. The van der Waals surface area contributed by atoms with E-state index in [4.69, 9.17) is 0 Å². The number of benzene rings is 2. The molecule has 0 radical (unpaired) electrons. The van der Waals surface area contributed by atoms with Crippen molar-refractivity contribution in [1.29, 1.82) is 0 Å². The van der Waals surface area contributed by atoms with Gasteiger partial charge in [-0.15, -0.1) is 11.3 Å². The van der Waals surface area contributed by atoms with Crippen LogP contribution in [0.25, 0.3) is 21.3 Å². The SMILES string of the molecule is Cc1ccc(-c2csc3ncn(CCC(=O)N4c5ccccc5CC4C)c(=O)c23)cc1. The zero-order valence-electron chi connectivity index (χ0n) is 17.5. The summed E-state index contributed by atoms with van der Waals surface area (Å²) in [6.45, 7) is 4.42. The van der Waals surface area contributed by atoms with E-state index in [1.807, 2.05) is 59.7 Å². The largest absolute Gasteiger partial charge is 0.309 e. The van der Waals surface area contributed by atoms with Crippen molar-refractivity contribution >= 4 is 33.1 Å². The van der Waals surface area contributed by atoms with Crippen LogP contribution in [0.3, 0.4) is 0 Å². The number of amides is 1. The number of rotatable bonds is 4. The molecule has 1 aliphatic rings. The van der Waals surface area contributed by atoms with Gasteiger partial charge in [-0.2, -0.15) is 0 Å². The van der Waals surface area contributed by atoms with Crippen LogP contribution in [-0.2, 0) is 17.8 Å². The smallest absolute Gasteiger partial charge is 0.262 e. The number of carbonyl (C=O) groups excluding carboxylic acids is 1. The lowest BCUT2D eigenvalue weighted by molar-refractivity contribution is -0.119. The highest BCUT2D eigenvalue weighted by Gasteiger charge is 2.30. The van der Waals surface area contributed by atoms with Crippen molar-refractivity contribution in [1.82, 2.24) is 9.55 Å². The molecule has 1 amide bonds. The molecule has 3 heterocycles. The fourth-order valence-electron chi connectivity index (χ4n) is 4.35. The quantitative estimate of drug-likeness (QED) is 0.468. The van der Waals surface area contributed by atoms with E-state index in [2.05, 4.69) is 18.0 Å². The van der Waals surface area contributed by atoms with Gasteiger partial charge in [-0.1, -0.05) is 48.0 Å². The molecule has 5 rings (SSSR count). The molecule has 1 atom stereocenters. The zero-order valence-corrected chi connectivity index (χ0v) is 18.4. The lowest BCUT2D eigenvalue weighted by Gasteiger charge is -2.23. The van der Waals surface area contributed by atoms with Gasteiger partial charge in [0.2, 0.25) is 5.91 Å². The first-order chi connectivity index (χ1) is 15.0. The van der Waals surface area contributed by atoms with E-state index in [9.17, 15) is 9.59 Å². The maximum absolute atomic E-state index is 13.3. The fraction of sp³-hybridized carbons (Fsp3) is 0.240. The van der Waals surface area contributed by atoms with Crippen LogP contribution in [0.1, 0.15) is 24.5 Å². The number of nitrogens with zero attached hydrogens (tertiary/aromatic N) is 3. The number of aromatic nitrogens is 2. The van der Waals surface area contributed by atoms with E-state index >= 15 is 0 Å². The Morgan fingerprint density at radius 2 is 1.94 bits per heavy atom. The highest BCUT2D eigenvalue weighted by molar-refractivity contribution is 7.17. The Bertz CT molecular complexity index is 1340. The molecule has 0 bridgehead atoms. The molecule has 156 valence electrons. The Balaban J connectivity index is 1.42. The molecule has 0 saturated heterocycles. The van der Waals surface area contributed by atoms with Gasteiger partial charge in [0.05, 0.1) is 11.7 Å². The molecule has 31 heavy (non-hydrogen) atoms. The van der Waals surface area contributed by atoms with Crippen LogP contribution >= 0.6 is 11.3 Å². The number of anilines is 1. The van der Waals surface area contributed by atoms with Gasteiger partial charge in [0.15, 0.2) is 0 Å². The molecule has 1 unspecified atom stereocenters. The first kappa shape index (κ1) is 19.7. The summed E-state index contributed by atoms with van der Waals surface area (Å²) in [5, 5.41) is 2.62. The van der Waals surface area contributed by atoms with Gasteiger partial charge < -0.3 is 4.90 Å². The van der Waals surface area contributed by atoms with E-state index in [0.717, 1.165) is 28.1 Å². The Kier molecular flexibility index (Phi) is 4.94. The minimum absolute atomic E-state index is 0.0357. The van der Waals surface area contributed by atoms with Crippen LogP contribution in [0, 0.1) is 6.92 Å². The number of para-hydroxylation sites is 1. The van der Waals surface area contributed by atoms with E-state index < -0.39 is 0 Å². The summed E-state index contributed by atoms with van der Waals surface area (Å²) in [5.74, 6) is 0.0357. The molecule has 0 aliphatic carbocycles. The monoisotopic (exact) mass is 429 g/mol. The average Bonchev–Trinajstić information content (AvgIpc) is 3.34. The molecule has 4 aromatic rings. The summed E-state index contributed by atoms with van der Waals surface area (Å²) in [7, 11) is 0. The molecule has 0 saturated carbocycles. The third-order valence-electron chi connectivity index (χ3n) is 5.97. The van der Waals surface area contributed by atoms with Crippen molar-refractivity contribution in [3.8, 4) is 11.1 Å². The Morgan fingerprint density at radius 3 is 2.74 bits per heavy atom. The van der Waals surface area contributed by atoms with E-state index in [1.165, 1.54) is 22.5 Å². The highest BCUT2D eigenvalue weighted by Crippen LogP contribution is 2.33. The first-order valence-corrected chi connectivity index (χ1v) is 11.3. The Hall–Kier alpha value is -3.25. The lowest BCUT2D eigenvalue weighted by Crippen LogP contribution is -2.36. The molecule has 1 aliphatic heterocycles. The standard InChI is InChI=1S/C25H23N3O2S/c1-16-7-9-18(10-8-16)20-14-31-24-23(20)25(30)27(15-26-24)12-11-22(29)28-17(2)13-19-5-3-4-6-21(19)28/h3-10,14-15,17H,11-13H2,1-2H3. The predicted octanol–water partition coefficient (Wildman–Crippen LogP) is 4.80. The summed E-state index contributed by atoms with van der Waals surface area (Å²) in [6.07, 6.45) is 2.69. The number of aryl methyl sites for hydroxylation is 2. The number of hydrogen-bond acceptors (Lipinski definition) is 4. The number of hydrogen-bond donors (Lipinski definition) is 0. The maximum Gasteiger partial charge on any atom is 0.262 e. The minimum Gasteiger partial charge on any atom is -0.309 e. The van der Waals surface area contributed by atoms with Crippen LogP contribution in [0.2, 0.25) is 0 Å². The highest BCUT2D eigenvalue weighted by atomic mass is 32.1. The Labute approximate surface area is 184 Å². The van der Waals surface area contributed by atoms with Gasteiger partial charge in [0.25, 0.3) is 5.56 Å². The summed E-state index contributed by atoms with van der Waals surface area (Å²) < 4.78 is 1.57. The molecule has 6 heteroatoms. The normalized spacial score (nSPS) is 15.4. The van der Waals surface area contributed by atoms with Gasteiger partial charge in [-0.3, -0.25) is 14.2 Å². The lowest BCUT2D eigenvalue weighted by atomic mass is 10.1.